The summed E-state index contributed by atoms with van der Waals surface area (Å²) in [5.41, 5.74) is 6.17. The molecule has 0 saturated carbocycles. The van der Waals surface area contributed by atoms with E-state index in [0.29, 0.717) is 31.1 Å². The van der Waals surface area contributed by atoms with Crippen molar-refractivity contribution >= 4 is 33.3 Å². The SMILES string of the molecule is COc1ccc(C(=O)NNC(=S)NCc2ccc3c(c2)OCO3)cc1S(=O)(=O)N1CCCC1. The Kier molecular flexibility index (Phi) is 6.86. The lowest BCUT2D eigenvalue weighted by Gasteiger charge is -2.18. The predicted molar refractivity (Wildman–Crippen MR) is 124 cm³/mol. The van der Waals surface area contributed by atoms with Gasteiger partial charge in [-0.25, -0.2) is 8.42 Å². The second kappa shape index (κ2) is 9.81. The third-order valence-electron chi connectivity index (χ3n) is 5.29. The summed E-state index contributed by atoms with van der Waals surface area (Å²) >= 11 is 5.20. The van der Waals surface area contributed by atoms with Crippen LogP contribution in [-0.4, -0.2) is 50.7 Å². The van der Waals surface area contributed by atoms with Gasteiger partial charge in [-0.3, -0.25) is 15.6 Å². The normalized spacial score (nSPS) is 15.2. The fourth-order valence-electron chi connectivity index (χ4n) is 3.55. The van der Waals surface area contributed by atoms with Crippen LogP contribution in [0.15, 0.2) is 41.3 Å². The third-order valence-corrected chi connectivity index (χ3v) is 7.45. The molecule has 10 nitrogen and oxygen atoms in total. The first-order valence-corrected chi connectivity index (χ1v) is 12.1. The Morgan fingerprint density at radius 3 is 2.61 bits per heavy atom. The van der Waals surface area contributed by atoms with Crippen LogP contribution in [-0.2, 0) is 16.6 Å². The third kappa shape index (κ3) is 5.13. The van der Waals surface area contributed by atoms with Gasteiger partial charge < -0.3 is 19.5 Å². The van der Waals surface area contributed by atoms with E-state index < -0.39 is 15.9 Å². The molecule has 2 aromatic rings. The number of methoxy groups -OCH3 is 1. The molecule has 0 radical (unpaired) electrons. The highest BCUT2D eigenvalue weighted by Gasteiger charge is 2.30. The molecule has 0 bridgehead atoms. The molecular weight excluding hydrogens is 468 g/mol. The molecule has 2 aliphatic rings. The minimum atomic E-state index is -3.76. The molecule has 12 heteroatoms. The number of carbonyl (C=O) groups excluding carboxylic acids is 1. The van der Waals surface area contributed by atoms with Crippen molar-refractivity contribution in [2.75, 3.05) is 27.0 Å². The highest BCUT2D eigenvalue weighted by molar-refractivity contribution is 7.89. The number of hydrogen-bond donors (Lipinski definition) is 3. The Labute approximate surface area is 197 Å². The topological polar surface area (TPSA) is 118 Å². The molecule has 2 aromatic carbocycles. The van der Waals surface area contributed by atoms with E-state index in [4.69, 9.17) is 26.4 Å². The maximum atomic E-state index is 13.0. The number of rotatable bonds is 6. The average molecular weight is 493 g/mol. The minimum Gasteiger partial charge on any atom is -0.495 e. The van der Waals surface area contributed by atoms with E-state index in [9.17, 15) is 13.2 Å². The number of amides is 1. The van der Waals surface area contributed by atoms with Crippen molar-refractivity contribution in [2.24, 2.45) is 0 Å². The van der Waals surface area contributed by atoms with Crippen LogP contribution in [0.4, 0.5) is 0 Å². The number of benzene rings is 2. The van der Waals surface area contributed by atoms with Crippen LogP contribution in [0.25, 0.3) is 0 Å². The summed E-state index contributed by atoms with van der Waals surface area (Å²) in [7, 11) is -2.37. The summed E-state index contributed by atoms with van der Waals surface area (Å²) in [6.45, 7) is 1.50. The van der Waals surface area contributed by atoms with Gasteiger partial charge in [0.1, 0.15) is 10.6 Å². The van der Waals surface area contributed by atoms with Crippen molar-refractivity contribution in [1.29, 1.82) is 0 Å². The molecule has 33 heavy (non-hydrogen) atoms. The Hall–Kier alpha value is -3.09. The molecule has 0 spiro atoms. The first kappa shape index (κ1) is 23.1. The van der Waals surface area contributed by atoms with Crippen molar-refractivity contribution in [3.8, 4) is 17.2 Å². The Morgan fingerprint density at radius 1 is 1.09 bits per heavy atom. The molecule has 0 aromatic heterocycles. The van der Waals surface area contributed by atoms with Gasteiger partial charge in [0.05, 0.1) is 7.11 Å². The quantitative estimate of drug-likeness (QED) is 0.407. The zero-order valence-corrected chi connectivity index (χ0v) is 19.6. The molecule has 1 fully saturated rings. The summed E-state index contributed by atoms with van der Waals surface area (Å²) in [5, 5.41) is 3.17. The molecule has 2 aliphatic heterocycles. The van der Waals surface area contributed by atoms with Gasteiger partial charge in [0.25, 0.3) is 5.91 Å². The van der Waals surface area contributed by atoms with E-state index in [0.717, 1.165) is 18.4 Å². The van der Waals surface area contributed by atoms with Crippen LogP contribution in [0.5, 0.6) is 17.2 Å². The monoisotopic (exact) mass is 492 g/mol. The second-order valence-corrected chi connectivity index (χ2v) is 9.74. The van der Waals surface area contributed by atoms with Crippen molar-refractivity contribution in [2.45, 2.75) is 24.3 Å². The van der Waals surface area contributed by atoms with Gasteiger partial charge in [-0.15, -0.1) is 0 Å². The van der Waals surface area contributed by atoms with Gasteiger partial charge >= 0.3 is 0 Å². The predicted octanol–water partition coefficient (Wildman–Crippen LogP) is 1.52. The molecular formula is C21H24N4O6S2. The summed E-state index contributed by atoms with van der Waals surface area (Å²) in [4.78, 5) is 12.6. The highest BCUT2D eigenvalue weighted by atomic mass is 32.2. The van der Waals surface area contributed by atoms with Gasteiger partial charge in [-0.2, -0.15) is 4.31 Å². The van der Waals surface area contributed by atoms with E-state index in [1.54, 1.807) is 0 Å². The van der Waals surface area contributed by atoms with E-state index in [2.05, 4.69) is 16.2 Å². The average Bonchev–Trinajstić information content (AvgIpc) is 3.53. The van der Waals surface area contributed by atoms with E-state index in [-0.39, 0.29) is 28.1 Å². The fraction of sp³-hybridized carbons (Fsp3) is 0.333. The number of nitrogens with one attached hydrogen (secondary N) is 3. The molecule has 1 amide bonds. The van der Waals surface area contributed by atoms with Crippen molar-refractivity contribution < 1.29 is 27.4 Å². The maximum Gasteiger partial charge on any atom is 0.269 e. The van der Waals surface area contributed by atoms with Gasteiger partial charge in [0.15, 0.2) is 16.6 Å². The number of carbonyl (C=O) groups is 1. The molecule has 0 atom stereocenters. The number of fused-ring (bicyclic) bond motifs is 1. The maximum absolute atomic E-state index is 13.0. The Balaban J connectivity index is 1.36. The number of ether oxygens (including phenoxy) is 3. The van der Waals surface area contributed by atoms with E-state index in [1.807, 2.05) is 18.2 Å². The van der Waals surface area contributed by atoms with Crippen LogP contribution < -0.4 is 30.4 Å². The number of sulfonamides is 1. The smallest absolute Gasteiger partial charge is 0.269 e. The van der Waals surface area contributed by atoms with Crippen molar-refractivity contribution in [3.05, 3.63) is 47.5 Å². The Morgan fingerprint density at radius 2 is 1.85 bits per heavy atom. The first-order chi connectivity index (χ1) is 15.9. The number of thiocarbonyl (C=S) groups is 1. The minimum absolute atomic E-state index is 0.0388. The molecule has 3 N–H and O–H groups in total. The lowest BCUT2D eigenvalue weighted by atomic mass is 10.2. The van der Waals surface area contributed by atoms with Gasteiger partial charge in [0.2, 0.25) is 16.8 Å². The van der Waals surface area contributed by atoms with E-state index >= 15 is 0 Å². The van der Waals surface area contributed by atoms with Crippen LogP contribution in [0.1, 0.15) is 28.8 Å². The second-order valence-electron chi connectivity index (χ2n) is 7.43. The van der Waals surface area contributed by atoms with Crippen LogP contribution >= 0.6 is 12.2 Å². The van der Waals surface area contributed by atoms with Gasteiger partial charge in [0, 0.05) is 25.2 Å². The Bertz CT molecular complexity index is 1170. The molecule has 4 rings (SSSR count). The number of nitrogens with zero attached hydrogens (tertiary/aromatic N) is 1. The summed E-state index contributed by atoms with van der Waals surface area (Å²) in [5.74, 6) is 1.01. The summed E-state index contributed by atoms with van der Waals surface area (Å²) in [6, 6.07) is 9.80. The molecule has 2 heterocycles. The first-order valence-electron chi connectivity index (χ1n) is 10.3. The number of hydrazine groups is 1. The molecule has 0 unspecified atom stereocenters. The summed E-state index contributed by atoms with van der Waals surface area (Å²) < 4.78 is 43.2. The van der Waals surface area contributed by atoms with E-state index in [1.165, 1.54) is 29.6 Å². The molecule has 176 valence electrons. The van der Waals surface area contributed by atoms with Gasteiger partial charge in [-0.1, -0.05) is 6.07 Å². The lowest BCUT2D eigenvalue weighted by Crippen LogP contribution is -2.46. The van der Waals surface area contributed by atoms with Crippen LogP contribution in [0.2, 0.25) is 0 Å². The zero-order valence-electron chi connectivity index (χ0n) is 17.9. The number of hydrogen-bond acceptors (Lipinski definition) is 7. The zero-order chi connectivity index (χ0) is 23.4. The van der Waals surface area contributed by atoms with Crippen LogP contribution in [0, 0.1) is 0 Å². The molecule has 1 saturated heterocycles. The molecule has 0 aliphatic carbocycles. The largest absolute Gasteiger partial charge is 0.495 e. The van der Waals surface area contributed by atoms with Crippen molar-refractivity contribution in [1.82, 2.24) is 20.5 Å². The van der Waals surface area contributed by atoms with Crippen LogP contribution in [0.3, 0.4) is 0 Å². The standard InChI is InChI=1S/C21H24N4O6S2/c1-29-17-7-5-15(11-19(17)33(27,28)25-8-2-3-9-25)20(26)23-24-21(32)22-12-14-4-6-16-18(10-14)31-13-30-16/h4-7,10-11H,2-3,8-9,12-13H2,1H3,(H,23,26)(H2,22,24,32). The van der Waals surface area contributed by atoms with Gasteiger partial charge in [-0.05, 0) is 61.0 Å². The fourth-order valence-corrected chi connectivity index (χ4v) is 5.37. The highest BCUT2D eigenvalue weighted by Crippen LogP contribution is 2.32. The lowest BCUT2D eigenvalue weighted by molar-refractivity contribution is 0.0943. The van der Waals surface area contributed by atoms with Crippen molar-refractivity contribution in [3.63, 3.8) is 0 Å². The summed E-state index contributed by atoms with van der Waals surface area (Å²) in [6.07, 6.45) is 1.62.